The van der Waals surface area contributed by atoms with E-state index in [9.17, 15) is 14.4 Å². The summed E-state index contributed by atoms with van der Waals surface area (Å²) in [5, 5.41) is 5.40. The number of nitrogens with one attached hydrogen (secondary N) is 2. The van der Waals surface area contributed by atoms with Crippen LogP contribution in [-0.2, 0) is 25.5 Å². The molecule has 0 unspecified atom stereocenters. The quantitative estimate of drug-likeness (QED) is 0.521. The largest absolute Gasteiger partial charge is 0.469 e. The maximum Gasteiger partial charge on any atom is 0.306 e. The first-order valence-corrected chi connectivity index (χ1v) is 7.26. The molecule has 0 aliphatic heterocycles. The van der Waals surface area contributed by atoms with Gasteiger partial charge < -0.3 is 10.1 Å². The molecule has 0 bridgehead atoms. The van der Waals surface area contributed by atoms with Gasteiger partial charge >= 0.3 is 5.97 Å². The molecule has 6 heteroatoms. The van der Waals surface area contributed by atoms with E-state index >= 15 is 0 Å². The summed E-state index contributed by atoms with van der Waals surface area (Å²) in [6.07, 6.45) is 1.37. The summed E-state index contributed by atoms with van der Waals surface area (Å²) in [5.41, 5.74) is 0.872. The molecule has 0 fully saturated rings. The third-order valence-corrected chi connectivity index (χ3v) is 2.98. The fraction of sp³-hybridized carbons (Fsp3) is 0.438. The van der Waals surface area contributed by atoms with E-state index < -0.39 is 0 Å². The zero-order valence-electron chi connectivity index (χ0n) is 12.8. The van der Waals surface area contributed by atoms with Crippen molar-refractivity contribution in [1.82, 2.24) is 10.6 Å². The monoisotopic (exact) mass is 306 g/mol. The van der Waals surface area contributed by atoms with Gasteiger partial charge in [-0.3, -0.25) is 19.7 Å². The maximum atomic E-state index is 11.7. The molecule has 1 aromatic carbocycles. The van der Waals surface area contributed by atoms with Crippen LogP contribution in [0.5, 0.6) is 0 Å². The second kappa shape index (κ2) is 10.5. The highest BCUT2D eigenvalue weighted by Gasteiger charge is 2.08. The third kappa shape index (κ3) is 8.16. The number of esters is 1. The van der Waals surface area contributed by atoms with Crippen LogP contribution in [0.3, 0.4) is 0 Å². The average Bonchev–Trinajstić information content (AvgIpc) is 2.51. The van der Waals surface area contributed by atoms with Gasteiger partial charge in [0.15, 0.2) is 0 Å². The summed E-state index contributed by atoms with van der Waals surface area (Å²) >= 11 is 0. The van der Waals surface area contributed by atoms with Crippen molar-refractivity contribution in [3.8, 4) is 0 Å². The molecule has 0 atom stereocenters. The first kappa shape index (κ1) is 17.8. The molecule has 0 radical (unpaired) electrons. The number of hydrogen-bond donors (Lipinski definition) is 2. The number of carbonyl (C=O) groups excluding carboxylic acids is 3. The van der Waals surface area contributed by atoms with Crippen LogP contribution in [0.1, 0.15) is 24.8 Å². The highest BCUT2D eigenvalue weighted by atomic mass is 16.5. The Morgan fingerprint density at radius 3 is 2.41 bits per heavy atom. The maximum absolute atomic E-state index is 11.7. The second-order valence-corrected chi connectivity index (χ2v) is 4.81. The molecule has 1 rings (SSSR count). The Morgan fingerprint density at radius 1 is 1.00 bits per heavy atom. The van der Waals surface area contributed by atoms with E-state index in [1.54, 1.807) is 0 Å². The first-order chi connectivity index (χ1) is 10.6. The molecule has 0 aromatic heterocycles. The van der Waals surface area contributed by atoms with E-state index in [1.165, 1.54) is 7.11 Å². The molecule has 0 saturated carbocycles. The Morgan fingerprint density at radius 2 is 1.73 bits per heavy atom. The SMILES string of the molecule is COC(=O)CCNCCCC(=O)NC(=O)Cc1ccccc1. The van der Waals surface area contributed by atoms with E-state index in [2.05, 4.69) is 15.4 Å². The number of hydrogen-bond acceptors (Lipinski definition) is 5. The van der Waals surface area contributed by atoms with Crippen LogP contribution in [-0.4, -0.2) is 38.0 Å². The molecule has 120 valence electrons. The van der Waals surface area contributed by atoms with Gasteiger partial charge in [0.25, 0.3) is 0 Å². The zero-order valence-corrected chi connectivity index (χ0v) is 12.8. The summed E-state index contributed by atoms with van der Waals surface area (Å²) in [6, 6.07) is 9.26. The van der Waals surface area contributed by atoms with Crippen LogP contribution in [0.15, 0.2) is 30.3 Å². The van der Waals surface area contributed by atoms with Crippen molar-refractivity contribution in [2.75, 3.05) is 20.2 Å². The van der Waals surface area contributed by atoms with Crippen molar-refractivity contribution < 1.29 is 19.1 Å². The first-order valence-electron chi connectivity index (χ1n) is 7.26. The van der Waals surface area contributed by atoms with Crippen LogP contribution in [0.25, 0.3) is 0 Å². The van der Waals surface area contributed by atoms with Crippen LogP contribution in [0.2, 0.25) is 0 Å². The molecular formula is C16H22N2O4. The molecule has 22 heavy (non-hydrogen) atoms. The summed E-state index contributed by atoms with van der Waals surface area (Å²) in [4.78, 5) is 34.1. The fourth-order valence-corrected chi connectivity index (χ4v) is 1.83. The zero-order chi connectivity index (χ0) is 16.2. The number of ether oxygens (including phenoxy) is 1. The van der Waals surface area contributed by atoms with E-state index in [0.29, 0.717) is 25.9 Å². The van der Waals surface area contributed by atoms with Crippen molar-refractivity contribution in [3.63, 3.8) is 0 Å². The lowest BCUT2D eigenvalue weighted by Gasteiger charge is -2.05. The fourth-order valence-electron chi connectivity index (χ4n) is 1.83. The number of carbonyl (C=O) groups is 3. The van der Waals surface area contributed by atoms with Gasteiger partial charge in [-0.15, -0.1) is 0 Å². The minimum atomic E-state index is -0.296. The Labute approximate surface area is 130 Å². The van der Waals surface area contributed by atoms with Gasteiger partial charge in [0.1, 0.15) is 0 Å². The van der Waals surface area contributed by atoms with Crippen molar-refractivity contribution in [3.05, 3.63) is 35.9 Å². The highest BCUT2D eigenvalue weighted by Crippen LogP contribution is 1.99. The van der Waals surface area contributed by atoms with Gasteiger partial charge in [0.2, 0.25) is 11.8 Å². The summed E-state index contributed by atoms with van der Waals surface area (Å²) < 4.78 is 4.51. The lowest BCUT2D eigenvalue weighted by molar-refractivity contribution is -0.140. The smallest absolute Gasteiger partial charge is 0.306 e. The number of imide groups is 1. The van der Waals surface area contributed by atoms with E-state index in [4.69, 9.17) is 0 Å². The Hall–Kier alpha value is -2.21. The Balaban J connectivity index is 2.08. The molecule has 6 nitrogen and oxygen atoms in total. The minimum Gasteiger partial charge on any atom is -0.469 e. The summed E-state index contributed by atoms with van der Waals surface area (Å²) in [6.45, 7) is 1.12. The topological polar surface area (TPSA) is 84.5 Å². The van der Waals surface area contributed by atoms with Gasteiger partial charge in [-0.25, -0.2) is 0 Å². The summed E-state index contributed by atoms with van der Waals surface area (Å²) in [7, 11) is 1.35. The van der Waals surface area contributed by atoms with Gasteiger partial charge in [-0.1, -0.05) is 30.3 Å². The molecule has 1 aromatic rings. The van der Waals surface area contributed by atoms with Crippen molar-refractivity contribution in [2.24, 2.45) is 0 Å². The van der Waals surface area contributed by atoms with Crippen LogP contribution in [0, 0.1) is 0 Å². The van der Waals surface area contributed by atoms with Crippen molar-refractivity contribution in [1.29, 1.82) is 0 Å². The minimum absolute atomic E-state index is 0.198. The molecule has 2 amide bonds. The molecular weight excluding hydrogens is 284 g/mol. The van der Waals surface area contributed by atoms with Gasteiger partial charge in [-0.2, -0.15) is 0 Å². The third-order valence-electron chi connectivity index (χ3n) is 2.98. The molecule has 2 N–H and O–H groups in total. The van der Waals surface area contributed by atoms with E-state index in [1.807, 2.05) is 30.3 Å². The van der Waals surface area contributed by atoms with E-state index in [-0.39, 0.29) is 30.6 Å². The number of methoxy groups -OCH3 is 1. The molecule has 0 spiro atoms. The van der Waals surface area contributed by atoms with Gasteiger partial charge in [0, 0.05) is 13.0 Å². The number of amides is 2. The predicted octanol–water partition coefficient (Wildman–Crippen LogP) is 0.805. The van der Waals surface area contributed by atoms with Crippen LogP contribution in [0.4, 0.5) is 0 Å². The van der Waals surface area contributed by atoms with Gasteiger partial charge in [0.05, 0.1) is 20.0 Å². The standard InChI is InChI=1S/C16H22N2O4/c1-22-16(21)9-11-17-10-5-8-14(19)18-15(20)12-13-6-3-2-4-7-13/h2-4,6-7,17H,5,8-12H2,1H3,(H,18,19,20). The number of rotatable bonds is 9. The van der Waals surface area contributed by atoms with Crippen LogP contribution >= 0.6 is 0 Å². The Bertz CT molecular complexity index is 488. The van der Waals surface area contributed by atoms with E-state index in [0.717, 1.165) is 5.56 Å². The Kier molecular flexibility index (Phi) is 8.52. The second-order valence-electron chi connectivity index (χ2n) is 4.81. The highest BCUT2D eigenvalue weighted by molar-refractivity contribution is 5.96. The molecule has 0 saturated heterocycles. The average molecular weight is 306 g/mol. The van der Waals surface area contributed by atoms with Crippen LogP contribution < -0.4 is 10.6 Å². The molecule has 0 aliphatic rings. The van der Waals surface area contributed by atoms with Gasteiger partial charge in [-0.05, 0) is 18.5 Å². The normalized spacial score (nSPS) is 10.0. The molecule has 0 heterocycles. The molecule has 0 aliphatic carbocycles. The number of benzene rings is 1. The summed E-state index contributed by atoms with van der Waals surface area (Å²) in [5.74, 6) is -0.845. The van der Waals surface area contributed by atoms with Crippen molar-refractivity contribution in [2.45, 2.75) is 25.7 Å². The van der Waals surface area contributed by atoms with Crippen molar-refractivity contribution >= 4 is 17.8 Å². The lowest BCUT2D eigenvalue weighted by atomic mass is 10.1. The lowest BCUT2D eigenvalue weighted by Crippen LogP contribution is -2.32. The predicted molar refractivity (Wildman–Crippen MR) is 82.0 cm³/mol.